The van der Waals surface area contributed by atoms with Crippen LogP contribution in [0.25, 0.3) is 11.4 Å². The topological polar surface area (TPSA) is 98.0 Å². The van der Waals surface area contributed by atoms with E-state index in [-0.39, 0.29) is 29.6 Å². The Kier molecular flexibility index (Phi) is 7.00. The van der Waals surface area contributed by atoms with Gasteiger partial charge in [-0.25, -0.2) is 4.79 Å². The summed E-state index contributed by atoms with van der Waals surface area (Å²) in [5.74, 6) is -0.920. The lowest BCUT2D eigenvalue weighted by molar-refractivity contribution is -0.137. The molecule has 0 aliphatic rings. The van der Waals surface area contributed by atoms with Crippen molar-refractivity contribution in [2.45, 2.75) is 25.9 Å². The Hall–Kier alpha value is -4.00. The van der Waals surface area contributed by atoms with Crippen molar-refractivity contribution in [1.82, 2.24) is 15.2 Å². The second-order valence-electron chi connectivity index (χ2n) is 6.49. The Labute approximate surface area is 181 Å². The summed E-state index contributed by atoms with van der Waals surface area (Å²) in [6, 6.07) is 13.2. The standard InChI is InChI=1S/C22H17F3N4O3/c1-2-31-21(30)18-20(32-17-10-8-14(9-11-17)5-4-12-26)27-19(29-28-18)15-6-3-7-16(13-15)22(23,24)25/h3,6-11,13H,2,4-5H2,1H3. The normalized spacial score (nSPS) is 11.0. The zero-order valence-corrected chi connectivity index (χ0v) is 16.9. The molecular formula is C22H17F3N4O3. The van der Waals surface area contributed by atoms with Crippen molar-refractivity contribution in [3.05, 3.63) is 65.4 Å². The highest BCUT2D eigenvalue weighted by atomic mass is 19.4. The van der Waals surface area contributed by atoms with Crippen LogP contribution >= 0.6 is 0 Å². The quantitative estimate of drug-likeness (QED) is 0.476. The van der Waals surface area contributed by atoms with Crippen molar-refractivity contribution in [3.63, 3.8) is 0 Å². The van der Waals surface area contributed by atoms with Gasteiger partial charge in [-0.2, -0.15) is 23.4 Å². The Bertz CT molecular complexity index is 1140. The molecule has 10 heteroatoms. The number of esters is 1. The smallest absolute Gasteiger partial charge is 0.416 e. The summed E-state index contributed by atoms with van der Waals surface area (Å²) in [6.45, 7) is 1.68. The number of nitrogens with zero attached hydrogens (tertiary/aromatic N) is 4. The monoisotopic (exact) mass is 442 g/mol. The minimum absolute atomic E-state index is 0.0550. The van der Waals surface area contributed by atoms with Crippen LogP contribution < -0.4 is 4.74 Å². The van der Waals surface area contributed by atoms with E-state index in [2.05, 4.69) is 21.3 Å². The molecule has 2 aromatic carbocycles. The summed E-state index contributed by atoms with van der Waals surface area (Å²) >= 11 is 0. The molecule has 0 aliphatic carbocycles. The molecule has 0 unspecified atom stereocenters. The molecule has 0 bridgehead atoms. The number of carbonyl (C=O) groups is 1. The van der Waals surface area contributed by atoms with Crippen molar-refractivity contribution < 1.29 is 27.4 Å². The number of halogens is 3. The summed E-state index contributed by atoms with van der Waals surface area (Å²) in [5.41, 5.74) is -0.214. The van der Waals surface area contributed by atoms with E-state index in [1.165, 1.54) is 12.1 Å². The minimum atomic E-state index is -4.54. The molecule has 164 valence electrons. The van der Waals surface area contributed by atoms with Gasteiger partial charge < -0.3 is 9.47 Å². The number of hydrogen-bond donors (Lipinski definition) is 0. The predicted molar refractivity (Wildman–Crippen MR) is 107 cm³/mol. The first-order valence-electron chi connectivity index (χ1n) is 9.55. The summed E-state index contributed by atoms with van der Waals surface area (Å²) in [5, 5.41) is 16.3. The predicted octanol–water partition coefficient (Wildman–Crippen LogP) is 4.98. The molecule has 0 radical (unpaired) electrons. The van der Waals surface area contributed by atoms with Gasteiger partial charge in [-0.05, 0) is 43.2 Å². The molecule has 0 N–H and O–H groups in total. The van der Waals surface area contributed by atoms with Crippen LogP contribution in [0.4, 0.5) is 13.2 Å². The van der Waals surface area contributed by atoms with Gasteiger partial charge in [0.15, 0.2) is 5.82 Å². The van der Waals surface area contributed by atoms with Gasteiger partial charge in [0, 0.05) is 12.0 Å². The molecule has 7 nitrogen and oxygen atoms in total. The SMILES string of the molecule is CCOC(=O)c1nnc(-c2cccc(C(F)(F)F)c2)nc1Oc1ccc(CCC#N)cc1. The maximum atomic E-state index is 13.1. The molecule has 0 aliphatic heterocycles. The fourth-order valence-electron chi connectivity index (χ4n) is 2.70. The van der Waals surface area contributed by atoms with E-state index in [4.69, 9.17) is 14.7 Å². The molecule has 3 aromatic rings. The highest BCUT2D eigenvalue weighted by molar-refractivity contribution is 5.89. The lowest BCUT2D eigenvalue weighted by Gasteiger charge is -2.11. The van der Waals surface area contributed by atoms with Gasteiger partial charge in [0.05, 0.1) is 18.2 Å². The Morgan fingerprint density at radius 1 is 1.12 bits per heavy atom. The van der Waals surface area contributed by atoms with Gasteiger partial charge in [0.2, 0.25) is 5.69 Å². The first kappa shape index (κ1) is 22.7. The van der Waals surface area contributed by atoms with Gasteiger partial charge in [-0.3, -0.25) is 0 Å². The number of carbonyl (C=O) groups excluding carboxylic acids is 1. The Morgan fingerprint density at radius 2 is 1.88 bits per heavy atom. The third-order valence-corrected chi connectivity index (χ3v) is 4.23. The lowest BCUT2D eigenvalue weighted by atomic mass is 10.1. The van der Waals surface area contributed by atoms with Crippen LogP contribution in [0.5, 0.6) is 11.6 Å². The maximum absolute atomic E-state index is 13.1. The molecule has 0 atom stereocenters. The Balaban J connectivity index is 1.97. The van der Waals surface area contributed by atoms with Crippen molar-refractivity contribution >= 4 is 5.97 Å². The van der Waals surface area contributed by atoms with Crippen LogP contribution in [0.2, 0.25) is 0 Å². The summed E-state index contributed by atoms with van der Waals surface area (Å²) in [4.78, 5) is 16.4. The number of aryl methyl sites for hydroxylation is 1. The van der Waals surface area contributed by atoms with E-state index >= 15 is 0 Å². The molecular weight excluding hydrogens is 425 g/mol. The molecule has 1 aromatic heterocycles. The fraction of sp³-hybridized carbons (Fsp3) is 0.227. The van der Waals surface area contributed by atoms with Crippen LogP contribution in [0.1, 0.15) is 35.0 Å². The van der Waals surface area contributed by atoms with Crippen LogP contribution in [-0.4, -0.2) is 27.8 Å². The summed E-state index contributed by atoms with van der Waals surface area (Å²) < 4.78 is 49.8. The third kappa shape index (κ3) is 5.57. The molecule has 0 amide bonds. The second-order valence-corrected chi connectivity index (χ2v) is 6.49. The van der Waals surface area contributed by atoms with Crippen molar-refractivity contribution in [3.8, 4) is 29.1 Å². The van der Waals surface area contributed by atoms with Gasteiger partial charge in [-0.15, -0.1) is 10.2 Å². The largest absolute Gasteiger partial charge is 0.461 e. The zero-order valence-electron chi connectivity index (χ0n) is 16.9. The molecule has 1 heterocycles. The van der Waals surface area contributed by atoms with Crippen molar-refractivity contribution in [2.24, 2.45) is 0 Å². The highest BCUT2D eigenvalue weighted by Gasteiger charge is 2.31. The minimum Gasteiger partial charge on any atom is -0.461 e. The number of benzene rings is 2. The van der Waals surface area contributed by atoms with E-state index in [1.54, 1.807) is 31.2 Å². The molecule has 3 rings (SSSR count). The highest BCUT2D eigenvalue weighted by Crippen LogP contribution is 2.32. The van der Waals surface area contributed by atoms with Crippen molar-refractivity contribution in [1.29, 1.82) is 5.26 Å². The molecule has 0 spiro atoms. The zero-order chi connectivity index (χ0) is 23.1. The van der Waals surface area contributed by atoms with E-state index < -0.39 is 17.7 Å². The molecule has 0 fully saturated rings. The average Bonchev–Trinajstić information content (AvgIpc) is 2.78. The Morgan fingerprint density at radius 3 is 2.53 bits per heavy atom. The van der Waals surface area contributed by atoms with Gasteiger partial charge in [0.1, 0.15) is 5.75 Å². The van der Waals surface area contributed by atoms with Gasteiger partial charge >= 0.3 is 12.1 Å². The second kappa shape index (κ2) is 9.87. The number of rotatable bonds is 7. The average molecular weight is 442 g/mol. The summed E-state index contributed by atoms with van der Waals surface area (Å²) in [7, 11) is 0. The van der Waals surface area contributed by atoms with Crippen LogP contribution in [0.15, 0.2) is 48.5 Å². The lowest BCUT2D eigenvalue weighted by Crippen LogP contribution is -2.12. The molecule has 0 saturated carbocycles. The molecule has 0 saturated heterocycles. The number of ether oxygens (including phenoxy) is 2. The number of hydrogen-bond acceptors (Lipinski definition) is 7. The first-order chi connectivity index (χ1) is 15.3. The van der Waals surface area contributed by atoms with Gasteiger partial charge in [0.25, 0.3) is 5.88 Å². The van der Waals surface area contributed by atoms with E-state index in [1.807, 2.05) is 0 Å². The first-order valence-corrected chi connectivity index (χ1v) is 9.55. The van der Waals surface area contributed by atoms with Gasteiger partial charge in [-0.1, -0.05) is 24.3 Å². The van der Waals surface area contributed by atoms with E-state index in [0.29, 0.717) is 18.6 Å². The van der Waals surface area contributed by atoms with Crippen LogP contribution in [0, 0.1) is 11.3 Å². The van der Waals surface area contributed by atoms with Crippen LogP contribution in [0.3, 0.4) is 0 Å². The maximum Gasteiger partial charge on any atom is 0.416 e. The van der Waals surface area contributed by atoms with E-state index in [9.17, 15) is 18.0 Å². The number of nitriles is 1. The number of aromatic nitrogens is 3. The number of alkyl halides is 3. The fourth-order valence-corrected chi connectivity index (χ4v) is 2.70. The third-order valence-electron chi connectivity index (χ3n) is 4.23. The summed E-state index contributed by atoms with van der Waals surface area (Å²) in [6.07, 6.45) is -3.61. The molecule has 32 heavy (non-hydrogen) atoms. The van der Waals surface area contributed by atoms with Crippen LogP contribution in [-0.2, 0) is 17.3 Å². The van der Waals surface area contributed by atoms with E-state index in [0.717, 1.165) is 17.7 Å². The van der Waals surface area contributed by atoms with Crippen molar-refractivity contribution in [2.75, 3.05) is 6.61 Å².